The van der Waals surface area contributed by atoms with Crippen molar-refractivity contribution in [2.75, 3.05) is 29.6 Å². The third kappa shape index (κ3) is 4.09. The molecule has 2 aliphatic rings. The van der Waals surface area contributed by atoms with Gasteiger partial charge < -0.3 is 9.64 Å². The van der Waals surface area contributed by atoms with Crippen LogP contribution in [0, 0.1) is 11.6 Å². The van der Waals surface area contributed by atoms with E-state index >= 15 is 0 Å². The number of ether oxygens (including phenoxy) is 1. The first kappa shape index (κ1) is 18.6. The number of benzene rings is 2. The molecule has 3 nitrogen and oxygen atoms in total. The molecule has 4 rings (SSSR count). The van der Waals surface area contributed by atoms with Gasteiger partial charge in [-0.2, -0.15) is 0 Å². The standard InChI is InChI=1S/C20H19F2NO2S2/c21-14-10-17(22)16-6-7-23(18(16)11-14)19(24)12-25-15-4-2-13(3-5-15)20-26-8-1-9-27-20/h2-5,10-11,20H,1,6-9,12H2. The predicted octanol–water partition coefficient (Wildman–Crippen LogP) is 4.80. The van der Waals surface area contributed by atoms with Crippen molar-refractivity contribution in [3.8, 4) is 5.75 Å². The molecule has 0 unspecified atom stereocenters. The second-order valence-electron chi connectivity index (χ2n) is 6.47. The number of fused-ring (bicyclic) bond motifs is 1. The number of hydrogen-bond donors (Lipinski definition) is 0. The normalized spacial score (nSPS) is 17.0. The molecule has 1 amide bonds. The van der Waals surface area contributed by atoms with Crippen LogP contribution >= 0.6 is 23.5 Å². The van der Waals surface area contributed by atoms with Crippen LogP contribution in [0.2, 0.25) is 0 Å². The first-order valence-electron chi connectivity index (χ1n) is 8.86. The maximum atomic E-state index is 13.8. The van der Waals surface area contributed by atoms with Gasteiger partial charge in [0.1, 0.15) is 17.4 Å². The van der Waals surface area contributed by atoms with Crippen molar-refractivity contribution >= 4 is 35.1 Å². The van der Waals surface area contributed by atoms with Crippen molar-refractivity contribution < 1.29 is 18.3 Å². The summed E-state index contributed by atoms with van der Waals surface area (Å²) in [4.78, 5) is 13.9. The molecule has 7 heteroatoms. The highest BCUT2D eigenvalue weighted by atomic mass is 32.2. The lowest BCUT2D eigenvalue weighted by atomic mass is 10.1. The van der Waals surface area contributed by atoms with E-state index in [2.05, 4.69) is 0 Å². The van der Waals surface area contributed by atoms with Gasteiger partial charge in [0.2, 0.25) is 0 Å². The van der Waals surface area contributed by atoms with E-state index in [9.17, 15) is 13.6 Å². The van der Waals surface area contributed by atoms with Crippen LogP contribution in [0.1, 0.15) is 22.1 Å². The third-order valence-corrected chi connectivity index (χ3v) is 7.67. The SMILES string of the molecule is O=C(COc1ccc(C2SCCCS2)cc1)N1CCc2c(F)cc(F)cc21. The molecule has 0 spiro atoms. The Kier molecular flexibility index (Phi) is 5.59. The summed E-state index contributed by atoms with van der Waals surface area (Å²) in [6.07, 6.45) is 1.64. The highest BCUT2D eigenvalue weighted by Crippen LogP contribution is 2.43. The predicted molar refractivity (Wildman–Crippen MR) is 107 cm³/mol. The van der Waals surface area contributed by atoms with E-state index < -0.39 is 11.6 Å². The lowest BCUT2D eigenvalue weighted by Gasteiger charge is -2.21. The summed E-state index contributed by atoms with van der Waals surface area (Å²) in [6, 6.07) is 9.87. The molecular formula is C20H19F2NO2S2. The van der Waals surface area contributed by atoms with Gasteiger partial charge in [-0.15, -0.1) is 23.5 Å². The zero-order valence-electron chi connectivity index (χ0n) is 14.6. The molecule has 0 atom stereocenters. The second-order valence-corrected chi connectivity index (χ2v) is 9.19. The van der Waals surface area contributed by atoms with Gasteiger partial charge in [0.15, 0.2) is 6.61 Å². The van der Waals surface area contributed by atoms with Gasteiger partial charge in [-0.25, -0.2) is 8.78 Å². The molecule has 0 bridgehead atoms. The monoisotopic (exact) mass is 407 g/mol. The zero-order valence-corrected chi connectivity index (χ0v) is 16.3. The molecule has 0 radical (unpaired) electrons. The number of nitrogens with zero attached hydrogens (tertiary/aromatic N) is 1. The van der Waals surface area contributed by atoms with Crippen LogP contribution in [0.4, 0.5) is 14.5 Å². The van der Waals surface area contributed by atoms with E-state index in [1.807, 2.05) is 47.8 Å². The van der Waals surface area contributed by atoms with E-state index in [-0.39, 0.29) is 12.5 Å². The summed E-state index contributed by atoms with van der Waals surface area (Å²) in [5, 5.41) is 0. The Hall–Kier alpha value is -1.73. The van der Waals surface area contributed by atoms with Gasteiger partial charge in [-0.05, 0) is 48.1 Å². The average molecular weight is 408 g/mol. The van der Waals surface area contributed by atoms with Crippen molar-refractivity contribution in [3.63, 3.8) is 0 Å². The fraction of sp³-hybridized carbons (Fsp3) is 0.350. The average Bonchev–Trinajstić information content (AvgIpc) is 3.11. The molecule has 0 aromatic heterocycles. The summed E-state index contributed by atoms with van der Waals surface area (Å²) >= 11 is 3.91. The number of carbonyl (C=O) groups is 1. The number of hydrogen-bond acceptors (Lipinski definition) is 4. The van der Waals surface area contributed by atoms with Crippen LogP contribution in [-0.4, -0.2) is 30.6 Å². The van der Waals surface area contributed by atoms with E-state index in [0.29, 0.717) is 34.5 Å². The topological polar surface area (TPSA) is 29.5 Å². The Labute approximate surface area is 165 Å². The minimum atomic E-state index is -0.680. The van der Waals surface area contributed by atoms with Gasteiger partial charge in [-0.3, -0.25) is 4.79 Å². The zero-order chi connectivity index (χ0) is 18.8. The lowest BCUT2D eigenvalue weighted by Crippen LogP contribution is -2.33. The first-order valence-corrected chi connectivity index (χ1v) is 11.0. The third-order valence-electron chi connectivity index (χ3n) is 4.66. The molecule has 142 valence electrons. The second kappa shape index (κ2) is 8.10. The molecule has 2 aliphatic heterocycles. The van der Waals surface area contributed by atoms with E-state index in [0.717, 1.165) is 6.07 Å². The van der Waals surface area contributed by atoms with E-state index in [1.54, 1.807) is 0 Å². The number of carbonyl (C=O) groups excluding carboxylic acids is 1. The van der Waals surface area contributed by atoms with Gasteiger partial charge >= 0.3 is 0 Å². The van der Waals surface area contributed by atoms with Gasteiger partial charge in [0.25, 0.3) is 5.91 Å². The molecule has 2 aromatic rings. The molecular weight excluding hydrogens is 388 g/mol. The minimum Gasteiger partial charge on any atom is -0.484 e. The Morgan fingerprint density at radius 2 is 1.89 bits per heavy atom. The summed E-state index contributed by atoms with van der Waals surface area (Å²) < 4.78 is 33.4. The lowest BCUT2D eigenvalue weighted by molar-refractivity contribution is -0.120. The Morgan fingerprint density at radius 3 is 2.63 bits per heavy atom. The molecule has 1 saturated heterocycles. The van der Waals surface area contributed by atoms with Crippen LogP contribution in [0.15, 0.2) is 36.4 Å². The maximum absolute atomic E-state index is 13.8. The number of amides is 1. The largest absolute Gasteiger partial charge is 0.484 e. The number of halogens is 2. The molecule has 2 heterocycles. The highest BCUT2D eigenvalue weighted by molar-refractivity contribution is 8.16. The molecule has 0 saturated carbocycles. The highest BCUT2D eigenvalue weighted by Gasteiger charge is 2.28. The van der Waals surface area contributed by atoms with Crippen molar-refractivity contribution in [1.29, 1.82) is 0 Å². The fourth-order valence-corrected chi connectivity index (χ4v) is 6.20. The molecule has 1 fully saturated rings. The minimum absolute atomic E-state index is 0.163. The first-order chi connectivity index (χ1) is 13.1. The summed E-state index contributed by atoms with van der Waals surface area (Å²) in [5.74, 6) is 1.39. The summed E-state index contributed by atoms with van der Waals surface area (Å²) in [6.45, 7) is 0.177. The Morgan fingerprint density at radius 1 is 1.15 bits per heavy atom. The molecule has 2 aromatic carbocycles. The Bertz CT molecular complexity index is 839. The van der Waals surface area contributed by atoms with Gasteiger partial charge in [0, 0.05) is 18.2 Å². The molecule has 27 heavy (non-hydrogen) atoms. The number of thioether (sulfide) groups is 2. The van der Waals surface area contributed by atoms with Crippen molar-refractivity contribution in [3.05, 3.63) is 59.2 Å². The van der Waals surface area contributed by atoms with Crippen LogP contribution in [0.3, 0.4) is 0 Å². The summed E-state index contributed by atoms with van der Waals surface area (Å²) in [5.41, 5.74) is 1.95. The van der Waals surface area contributed by atoms with Gasteiger partial charge in [-0.1, -0.05) is 12.1 Å². The number of rotatable bonds is 4. The number of anilines is 1. The van der Waals surface area contributed by atoms with Crippen LogP contribution in [0.5, 0.6) is 5.75 Å². The van der Waals surface area contributed by atoms with E-state index in [1.165, 1.54) is 34.5 Å². The van der Waals surface area contributed by atoms with E-state index in [4.69, 9.17) is 4.74 Å². The quantitative estimate of drug-likeness (QED) is 0.728. The van der Waals surface area contributed by atoms with Crippen molar-refractivity contribution in [1.82, 2.24) is 0 Å². The fourth-order valence-electron chi connectivity index (χ4n) is 3.31. The molecule has 0 aliphatic carbocycles. The van der Waals surface area contributed by atoms with Crippen LogP contribution < -0.4 is 9.64 Å². The summed E-state index contributed by atoms with van der Waals surface area (Å²) in [7, 11) is 0. The van der Waals surface area contributed by atoms with Crippen molar-refractivity contribution in [2.45, 2.75) is 17.4 Å². The Balaban J connectivity index is 1.38. The van der Waals surface area contributed by atoms with Crippen LogP contribution in [0.25, 0.3) is 0 Å². The van der Waals surface area contributed by atoms with Gasteiger partial charge in [0.05, 0.1) is 10.3 Å². The van der Waals surface area contributed by atoms with Crippen molar-refractivity contribution in [2.24, 2.45) is 0 Å². The maximum Gasteiger partial charge on any atom is 0.264 e. The smallest absolute Gasteiger partial charge is 0.264 e. The molecule has 0 N–H and O–H groups in total. The van der Waals surface area contributed by atoms with Crippen LogP contribution in [-0.2, 0) is 11.2 Å².